The molecule has 0 spiro atoms. The SMILES string of the molecule is CCOC(=O)CCCCc1ccc(C(=O)OC(C)(C)C)cc1. The number of carbonyl (C=O) groups is 2. The van der Waals surface area contributed by atoms with Crippen LogP contribution in [0.15, 0.2) is 24.3 Å². The van der Waals surface area contributed by atoms with Gasteiger partial charge in [0.15, 0.2) is 0 Å². The summed E-state index contributed by atoms with van der Waals surface area (Å²) < 4.78 is 10.2. The molecule has 1 aromatic carbocycles. The lowest BCUT2D eigenvalue weighted by Gasteiger charge is -2.19. The van der Waals surface area contributed by atoms with E-state index in [9.17, 15) is 9.59 Å². The summed E-state index contributed by atoms with van der Waals surface area (Å²) in [6.45, 7) is 7.80. The van der Waals surface area contributed by atoms with Gasteiger partial charge in [-0.15, -0.1) is 0 Å². The molecule has 0 fully saturated rings. The maximum atomic E-state index is 11.9. The second kappa shape index (κ2) is 8.57. The number of benzene rings is 1. The lowest BCUT2D eigenvalue weighted by Crippen LogP contribution is -2.23. The Bertz CT molecular complexity index is 483. The maximum absolute atomic E-state index is 11.9. The van der Waals surface area contributed by atoms with E-state index in [1.165, 1.54) is 0 Å². The van der Waals surface area contributed by atoms with Crippen LogP contribution in [-0.4, -0.2) is 24.1 Å². The molecule has 0 saturated heterocycles. The Balaban J connectivity index is 2.39. The van der Waals surface area contributed by atoms with Crippen molar-refractivity contribution in [3.8, 4) is 0 Å². The zero-order valence-electron chi connectivity index (χ0n) is 14.0. The van der Waals surface area contributed by atoms with Crippen molar-refractivity contribution in [1.29, 1.82) is 0 Å². The smallest absolute Gasteiger partial charge is 0.338 e. The molecule has 0 unspecified atom stereocenters. The Kier molecular flexibility index (Phi) is 7.09. The van der Waals surface area contributed by atoms with Crippen molar-refractivity contribution in [2.75, 3.05) is 6.61 Å². The molecule has 0 saturated carbocycles. The first-order chi connectivity index (χ1) is 10.3. The first-order valence-electron chi connectivity index (χ1n) is 7.79. The maximum Gasteiger partial charge on any atom is 0.338 e. The Morgan fingerprint density at radius 2 is 1.68 bits per heavy atom. The number of hydrogen-bond donors (Lipinski definition) is 0. The molecule has 0 aliphatic heterocycles. The van der Waals surface area contributed by atoms with Gasteiger partial charge in [-0.05, 0) is 64.7 Å². The normalized spacial score (nSPS) is 11.1. The average Bonchev–Trinajstić information content (AvgIpc) is 2.43. The fraction of sp³-hybridized carbons (Fsp3) is 0.556. The second-order valence-electron chi connectivity index (χ2n) is 6.21. The first kappa shape index (κ1) is 18.2. The van der Waals surface area contributed by atoms with Crippen molar-refractivity contribution in [3.63, 3.8) is 0 Å². The lowest BCUT2D eigenvalue weighted by molar-refractivity contribution is -0.143. The molecule has 0 heterocycles. The van der Waals surface area contributed by atoms with E-state index in [1.807, 2.05) is 39.8 Å². The summed E-state index contributed by atoms with van der Waals surface area (Å²) in [7, 11) is 0. The lowest BCUT2D eigenvalue weighted by atomic mass is 10.0. The molecule has 4 heteroatoms. The fourth-order valence-electron chi connectivity index (χ4n) is 1.98. The number of rotatable bonds is 7. The summed E-state index contributed by atoms with van der Waals surface area (Å²) in [4.78, 5) is 23.1. The van der Waals surface area contributed by atoms with Gasteiger partial charge in [-0.25, -0.2) is 4.79 Å². The third kappa shape index (κ3) is 7.25. The van der Waals surface area contributed by atoms with Crippen LogP contribution in [-0.2, 0) is 20.7 Å². The highest BCUT2D eigenvalue weighted by molar-refractivity contribution is 5.89. The molecule has 1 aromatic rings. The Morgan fingerprint density at radius 1 is 1.05 bits per heavy atom. The van der Waals surface area contributed by atoms with Crippen LogP contribution in [0.25, 0.3) is 0 Å². The summed E-state index contributed by atoms with van der Waals surface area (Å²) in [5, 5.41) is 0. The minimum absolute atomic E-state index is 0.136. The van der Waals surface area contributed by atoms with E-state index in [2.05, 4.69) is 0 Å². The van der Waals surface area contributed by atoms with Gasteiger partial charge >= 0.3 is 11.9 Å². The van der Waals surface area contributed by atoms with Gasteiger partial charge in [-0.2, -0.15) is 0 Å². The molecule has 4 nitrogen and oxygen atoms in total. The minimum Gasteiger partial charge on any atom is -0.466 e. The molecule has 0 aliphatic rings. The third-order valence-electron chi connectivity index (χ3n) is 2.99. The summed E-state index contributed by atoms with van der Waals surface area (Å²) in [6.07, 6.45) is 3.08. The molecule has 0 aromatic heterocycles. The average molecular weight is 306 g/mol. The topological polar surface area (TPSA) is 52.6 Å². The number of carbonyl (C=O) groups excluding carboxylic acids is 2. The highest BCUT2D eigenvalue weighted by Crippen LogP contribution is 2.14. The van der Waals surface area contributed by atoms with Crippen LogP contribution >= 0.6 is 0 Å². The minimum atomic E-state index is -0.483. The van der Waals surface area contributed by atoms with Gasteiger partial charge in [0.05, 0.1) is 12.2 Å². The van der Waals surface area contributed by atoms with E-state index in [0.717, 1.165) is 24.8 Å². The second-order valence-corrected chi connectivity index (χ2v) is 6.21. The van der Waals surface area contributed by atoms with Crippen molar-refractivity contribution >= 4 is 11.9 Å². The number of esters is 2. The Hall–Kier alpha value is -1.84. The van der Waals surface area contributed by atoms with Crippen LogP contribution in [0.4, 0.5) is 0 Å². The van der Waals surface area contributed by atoms with Gasteiger partial charge in [-0.3, -0.25) is 4.79 Å². The highest BCUT2D eigenvalue weighted by atomic mass is 16.6. The molecule has 0 bridgehead atoms. The molecule has 0 amide bonds. The molecular formula is C18H26O4. The van der Waals surface area contributed by atoms with E-state index < -0.39 is 5.60 Å². The molecule has 22 heavy (non-hydrogen) atoms. The largest absolute Gasteiger partial charge is 0.466 e. The van der Waals surface area contributed by atoms with Gasteiger partial charge < -0.3 is 9.47 Å². The van der Waals surface area contributed by atoms with Gasteiger partial charge in [0, 0.05) is 6.42 Å². The summed E-state index contributed by atoms with van der Waals surface area (Å²) >= 11 is 0. The molecule has 1 rings (SSSR count). The van der Waals surface area contributed by atoms with Crippen molar-refractivity contribution in [2.45, 2.75) is 59.0 Å². The van der Waals surface area contributed by atoms with Crippen molar-refractivity contribution in [3.05, 3.63) is 35.4 Å². The summed E-state index contributed by atoms with van der Waals surface area (Å²) in [6, 6.07) is 7.44. The third-order valence-corrected chi connectivity index (χ3v) is 2.99. The Labute approximate surface area is 132 Å². The predicted molar refractivity (Wildman–Crippen MR) is 85.8 cm³/mol. The summed E-state index contributed by atoms with van der Waals surface area (Å²) in [5.74, 6) is -0.441. The highest BCUT2D eigenvalue weighted by Gasteiger charge is 2.17. The molecule has 0 aliphatic carbocycles. The Morgan fingerprint density at radius 3 is 2.23 bits per heavy atom. The first-order valence-corrected chi connectivity index (χ1v) is 7.79. The van der Waals surface area contributed by atoms with Crippen molar-refractivity contribution in [2.24, 2.45) is 0 Å². The monoisotopic (exact) mass is 306 g/mol. The van der Waals surface area contributed by atoms with Gasteiger partial charge in [0.25, 0.3) is 0 Å². The standard InChI is InChI=1S/C18H26O4/c1-5-21-16(19)9-7-6-8-14-10-12-15(13-11-14)17(20)22-18(2,3)4/h10-13H,5-9H2,1-4H3. The zero-order valence-corrected chi connectivity index (χ0v) is 14.0. The van der Waals surface area contributed by atoms with E-state index >= 15 is 0 Å². The number of ether oxygens (including phenoxy) is 2. The van der Waals surface area contributed by atoms with E-state index in [0.29, 0.717) is 18.6 Å². The van der Waals surface area contributed by atoms with Crippen LogP contribution < -0.4 is 0 Å². The molecule has 0 radical (unpaired) electrons. The summed E-state index contributed by atoms with van der Waals surface area (Å²) in [5.41, 5.74) is 1.23. The zero-order chi connectivity index (χ0) is 16.6. The predicted octanol–water partition coefficient (Wildman–Crippen LogP) is 3.92. The number of unbranched alkanes of at least 4 members (excludes halogenated alkanes) is 1. The van der Waals surface area contributed by atoms with Crippen LogP contribution in [0, 0.1) is 0 Å². The van der Waals surface area contributed by atoms with Crippen LogP contribution in [0.3, 0.4) is 0 Å². The fourth-order valence-corrected chi connectivity index (χ4v) is 1.98. The molecule has 0 atom stereocenters. The van der Waals surface area contributed by atoms with Crippen LogP contribution in [0.5, 0.6) is 0 Å². The van der Waals surface area contributed by atoms with Crippen molar-refractivity contribution in [1.82, 2.24) is 0 Å². The van der Waals surface area contributed by atoms with E-state index in [1.54, 1.807) is 12.1 Å². The van der Waals surface area contributed by atoms with E-state index in [4.69, 9.17) is 9.47 Å². The van der Waals surface area contributed by atoms with Gasteiger partial charge in [-0.1, -0.05) is 12.1 Å². The molecule has 0 N–H and O–H groups in total. The molecular weight excluding hydrogens is 280 g/mol. The van der Waals surface area contributed by atoms with Crippen LogP contribution in [0.1, 0.15) is 62.9 Å². The van der Waals surface area contributed by atoms with Gasteiger partial charge in [0.2, 0.25) is 0 Å². The van der Waals surface area contributed by atoms with Crippen LogP contribution in [0.2, 0.25) is 0 Å². The quantitative estimate of drug-likeness (QED) is 0.566. The number of aryl methyl sites for hydroxylation is 1. The van der Waals surface area contributed by atoms with Crippen molar-refractivity contribution < 1.29 is 19.1 Å². The number of hydrogen-bond acceptors (Lipinski definition) is 4. The van der Waals surface area contributed by atoms with E-state index in [-0.39, 0.29) is 11.9 Å². The van der Waals surface area contributed by atoms with Gasteiger partial charge in [0.1, 0.15) is 5.60 Å². The molecule has 122 valence electrons.